The van der Waals surface area contributed by atoms with Crippen LogP contribution in [-0.4, -0.2) is 0 Å². The fourth-order valence-corrected chi connectivity index (χ4v) is 1.16. The summed E-state index contributed by atoms with van der Waals surface area (Å²) < 4.78 is 5.58. The van der Waals surface area contributed by atoms with Crippen molar-refractivity contribution in [1.29, 1.82) is 0 Å². The van der Waals surface area contributed by atoms with Crippen molar-refractivity contribution in [3.8, 4) is 11.5 Å². The van der Waals surface area contributed by atoms with Gasteiger partial charge >= 0.3 is 0 Å². The van der Waals surface area contributed by atoms with Crippen LogP contribution in [0.2, 0.25) is 0 Å². The molecule has 0 bridgehead atoms. The molecule has 0 aliphatic heterocycles. The molecule has 84 valence electrons. The van der Waals surface area contributed by atoms with E-state index in [4.69, 9.17) is 10.5 Å². The SMILES string of the molecule is CC.Nc1ccc(Oc2ccccc2)cc1. The molecule has 0 aliphatic carbocycles. The van der Waals surface area contributed by atoms with Crippen molar-refractivity contribution in [2.75, 3.05) is 5.73 Å². The van der Waals surface area contributed by atoms with Crippen molar-refractivity contribution in [2.24, 2.45) is 0 Å². The summed E-state index contributed by atoms with van der Waals surface area (Å²) >= 11 is 0. The highest BCUT2D eigenvalue weighted by molar-refractivity contribution is 5.42. The van der Waals surface area contributed by atoms with Crippen LogP contribution >= 0.6 is 0 Å². The zero-order chi connectivity index (χ0) is 11.8. The van der Waals surface area contributed by atoms with E-state index in [1.165, 1.54) is 0 Å². The third-order valence-electron chi connectivity index (χ3n) is 1.86. The standard InChI is InChI=1S/C12H11NO.C2H6/c13-10-6-8-12(9-7-10)14-11-4-2-1-3-5-11;1-2/h1-9H,13H2;1-2H3. The van der Waals surface area contributed by atoms with Gasteiger partial charge in [0.1, 0.15) is 11.5 Å². The fraction of sp³-hybridized carbons (Fsp3) is 0.143. The van der Waals surface area contributed by atoms with Crippen LogP contribution in [0.1, 0.15) is 13.8 Å². The molecular formula is C14H17NO. The van der Waals surface area contributed by atoms with Crippen molar-refractivity contribution in [3.05, 3.63) is 54.6 Å². The van der Waals surface area contributed by atoms with Crippen molar-refractivity contribution >= 4 is 5.69 Å². The summed E-state index contributed by atoms with van der Waals surface area (Å²) in [7, 11) is 0. The summed E-state index contributed by atoms with van der Waals surface area (Å²) in [4.78, 5) is 0. The van der Waals surface area contributed by atoms with Crippen LogP contribution in [0.15, 0.2) is 54.6 Å². The third-order valence-corrected chi connectivity index (χ3v) is 1.86. The van der Waals surface area contributed by atoms with E-state index in [0.29, 0.717) is 0 Å². The molecule has 16 heavy (non-hydrogen) atoms. The van der Waals surface area contributed by atoms with Crippen LogP contribution in [0.3, 0.4) is 0 Å². The topological polar surface area (TPSA) is 35.2 Å². The van der Waals surface area contributed by atoms with Gasteiger partial charge in [0.05, 0.1) is 0 Å². The number of benzene rings is 2. The van der Waals surface area contributed by atoms with E-state index < -0.39 is 0 Å². The fourth-order valence-electron chi connectivity index (χ4n) is 1.16. The Morgan fingerprint density at radius 2 is 1.25 bits per heavy atom. The number of hydrogen-bond acceptors (Lipinski definition) is 2. The smallest absolute Gasteiger partial charge is 0.127 e. The summed E-state index contributed by atoms with van der Waals surface area (Å²) in [5.74, 6) is 1.63. The van der Waals surface area contributed by atoms with Crippen LogP contribution in [0.25, 0.3) is 0 Å². The van der Waals surface area contributed by atoms with Gasteiger partial charge in [-0.2, -0.15) is 0 Å². The maximum absolute atomic E-state index is 5.58. The highest BCUT2D eigenvalue weighted by atomic mass is 16.5. The highest BCUT2D eigenvalue weighted by Gasteiger charge is 1.94. The van der Waals surface area contributed by atoms with Gasteiger partial charge in [-0.05, 0) is 36.4 Å². The summed E-state index contributed by atoms with van der Waals surface area (Å²) in [6.45, 7) is 4.00. The number of nitrogen functional groups attached to an aromatic ring is 1. The van der Waals surface area contributed by atoms with E-state index in [1.807, 2.05) is 68.4 Å². The maximum atomic E-state index is 5.58. The lowest BCUT2D eigenvalue weighted by molar-refractivity contribution is 0.483. The molecule has 2 N–H and O–H groups in total. The molecule has 0 aromatic heterocycles. The molecule has 0 aliphatic rings. The predicted molar refractivity (Wildman–Crippen MR) is 68.7 cm³/mol. The minimum absolute atomic E-state index is 0.741. The molecule has 0 saturated heterocycles. The van der Waals surface area contributed by atoms with Crippen molar-refractivity contribution in [3.63, 3.8) is 0 Å². The summed E-state index contributed by atoms with van der Waals surface area (Å²) in [6, 6.07) is 17.0. The number of ether oxygens (including phenoxy) is 1. The van der Waals surface area contributed by atoms with E-state index in [9.17, 15) is 0 Å². The average Bonchev–Trinajstić information content (AvgIpc) is 2.36. The van der Waals surface area contributed by atoms with E-state index in [1.54, 1.807) is 0 Å². The zero-order valence-corrected chi connectivity index (χ0v) is 9.68. The van der Waals surface area contributed by atoms with Crippen LogP contribution in [0.5, 0.6) is 11.5 Å². The van der Waals surface area contributed by atoms with E-state index >= 15 is 0 Å². The molecule has 0 spiro atoms. The highest BCUT2D eigenvalue weighted by Crippen LogP contribution is 2.21. The summed E-state index contributed by atoms with van der Waals surface area (Å²) in [6.07, 6.45) is 0. The normalized spacial score (nSPS) is 8.88. The third kappa shape index (κ3) is 3.65. The molecule has 0 amide bonds. The van der Waals surface area contributed by atoms with Crippen molar-refractivity contribution < 1.29 is 4.74 Å². The zero-order valence-electron chi connectivity index (χ0n) is 9.68. The van der Waals surface area contributed by atoms with Gasteiger partial charge in [0.15, 0.2) is 0 Å². The largest absolute Gasteiger partial charge is 0.457 e. The predicted octanol–water partition coefficient (Wildman–Crippen LogP) is 4.09. The Morgan fingerprint density at radius 3 is 1.81 bits per heavy atom. The Hall–Kier alpha value is -1.96. The second-order valence-electron chi connectivity index (χ2n) is 2.98. The Morgan fingerprint density at radius 1 is 0.750 bits per heavy atom. The molecule has 0 fully saturated rings. The lowest BCUT2D eigenvalue weighted by Crippen LogP contribution is -1.85. The van der Waals surface area contributed by atoms with Gasteiger partial charge in [-0.1, -0.05) is 32.0 Å². The molecule has 2 heteroatoms. The lowest BCUT2D eigenvalue weighted by Gasteiger charge is -2.04. The monoisotopic (exact) mass is 215 g/mol. The second kappa shape index (κ2) is 6.51. The first-order chi connectivity index (χ1) is 7.84. The number of para-hydroxylation sites is 1. The van der Waals surface area contributed by atoms with Gasteiger partial charge in [-0.15, -0.1) is 0 Å². The van der Waals surface area contributed by atoms with Crippen molar-refractivity contribution in [2.45, 2.75) is 13.8 Å². The average molecular weight is 215 g/mol. The Labute approximate surface area is 96.7 Å². The van der Waals surface area contributed by atoms with E-state index in [-0.39, 0.29) is 0 Å². The summed E-state index contributed by atoms with van der Waals surface area (Å²) in [5.41, 5.74) is 6.31. The Bertz CT molecular complexity index is 395. The van der Waals surface area contributed by atoms with E-state index in [2.05, 4.69) is 0 Å². The minimum atomic E-state index is 0.741. The van der Waals surface area contributed by atoms with Crippen LogP contribution in [-0.2, 0) is 0 Å². The van der Waals surface area contributed by atoms with Gasteiger partial charge < -0.3 is 10.5 Å². The molecule has 0 atom stereocenters. The number of nitrogens with two attached hydrogens (primary N) is 1. The minimum Gasteiger partial charge on any atom is -0.457 e. The van der Waals surface area contributed by atoms with Gasteiger partial charge in [-0.25, -0.2) is 0 Å². The molecule has 0 saturated carbocycles. The van der Waals surface area contributed by atoms with Gasteiger partial charge in [-0.3, -0.25) is 0 Å². The van der Waals surface area contributed by atoms with Gasteiger partial charge in [0.25, 0.3) is 0 Å². The van der Waals surface area contributed by atoms with Gasteiger partial charge in [0, 0.05) is 5.69 Å². The quantitative estimate of drug-likeness (QED) is 0.766. The first-order valence-corrected chi connectivity index (χ1v) is 5.43. The molecule has 2 rings (SSSR count). The Kier molecular flexibility index (Phi) is 4.93. The molecule has 2 aromatic carbocycles. The molecule has 0 radical (unpaired) electrons. The lowest BCUT2D eigenvalue weighted by atomic mass is 10.3. The number of anilines is 1. The van der Waals surface area contributed by atoms with Crippen LogP contribution in [0.4, 0.5) is 5.69 Å². The van der Waals surface area contributed by atoms with Crippen molar-refractivity contribution in [1.82, 2.24) is 0 Å². The first kappa shape index (κ1) is 12.1. The first-order valence-electron chi connectivity index (χ1n) is 5.43. The summed E-state index contributed by atoms with van der Waals surface area (Å²) in [5, 5.41) is 0. The second-order valence-corrected chi connectivity index (χ2v) is 2.98. The molecule has 2 aromatic rings. The van der Waals surface area contributed by atoms with Crippen LogP contribution < -0.4 is 10.5 Å². The number of rotatable bonds is 2. The maximum Gasteiger partial charge on any atom is 0.127 e. The molecular weight excluding hydrogens is 198 g/mol. The number of hydrogen-bond donors (Lipinski definition) is 1. The van der Waals surface area contributed by atoms with Gasteiger partial charge in [0.2, 0.25) is 0 Å². The molecule has 0 unspecified atom stereocenters. The van der Waals surface area contributed by atoms with E-state index in [0.717, 1.165) is 17.2 Å². The Balaban J connectivity index is 0.000000606. The molecule has 0 heterocycles. The van der Waals surface area contributed by atoms with Crippen LogP contribution in [0, 0.1) is 0 Å². The molecule has 2 nitrogen and oxygen atoms in total.